The van der Waals surface area contributed by atoms with Crippen LogP contribution in [0.3, 0.4) is 0 Å². The molecule has 0 heterocycles. The first-order chi connectivity index (χ1) is 10.8. The number of aliphatic hydroxyl groups is 3. The Morgan fingerprint density at radius 3 is 2.00 bits per heavy atom. The van der Waals surface area contributed by atoms with Gasteiger partial charge in [0.2, 0.25) is 0 Å². The fourth-order valence-corrected chi connectivity index (χ4v) is 5.83. The van der Waals surface area contributed by atoms with Crippen molar-refractivity contribution in [1.29, 1.82) is 0 Å². The van der Waals surface area contributed by atoms with Crippen molar-refractivity contribution in [2.45, 2.75) is 96.2 Å². The maximum atomic E-state index is 10.9. The number of hydrogen-bond acceptors (Lipinski definition) is 4. The second-order valence-corrected chi connectivity index (χ2v) is 10.3. The summed E-state index contributed by atoms with van der Waals surface area (Å²) in [5.41, 5.74) is -1.24. The number of hydrogen-bond donors (Lipinski definition) is 3. The van der Waals surface area contributed by atoms with Crippen molar-refractivity contribution in [3.05, 3.63) is 11.6 Å². The van der Waals surface area contributed by atoms with Gasteiger partial charge in [0, 0.05) is 25.2 Å². The van der Waals surface area contributed by atoms with Crippen LogP contribution in [0, 0.1) is 17.3 Å². The fourth-order valence-electron chi connectivity index (χ4n) is 5.83. The van der Waals surface area contributed by atoms with E-state index in [1.54, 1.807) is 0 Å². The van der Waals surface area contributed by atoms with Gasteiger partial charge in [-0.3, -0.25) is 0 Å². The number of rotatable bonds is 4. The SMILES string of the molecule is CC(C)=CC([C@H](O)OC12CC3CC(O)(CC(O)(C3)C1)C2)C(C)(C)C. The van der Waals surface area contributed by atoms with Gasteiger partial charge < -0.3 is 20.1 Å². The van der Waals surface area contributed by atoms with Crippen LogP contribution < -0.4 is 0 Å². The van der Waals surface area contributed by atoms with Gasteiger partial charge in [-0.25, -0.2) is 0 Å². The molecule has 4 nitrogen and oxygen atoms in total. The highest BCUT2D eigenvalue weighted by molar-refractivity contribution is 5.16. The third-order valence-corrected chi connectivity index (χ3v) is 6.15. The first-order valence-electron chi connectivity index (χ1n) is 9.30. The van der Waals surface area contributed by atoms with E-state index < -0.39 is 23.1 Å². The van der Waals surface area contributed by atoms with Crippen LogP contribution in [0.2, 0.25) is 0 Å². The van der Waals surface area contributed by atoms with Crippen LogP contribution in [0.25, 0.3) is 0 Å². The summed E-state index contributed by atoms with van der Waals surface area (Å²) >= 11 is 0. The lowest BCUT2D eigenvalue weighted by Gasteiger charge is -2.63. The largest absolute Gasteiger partial charge is 0.390 e. The minimum Gasteiger partial charge on any atom is -0.390 e. The van der Waals surface area contributed by atoms with Crippen LogP contribution >= 0.6 is 0 Å². The quantitative estimate of drug-likeness (QED) is 0.544. The molecular formula is C20H34O4. The normalized spacial score (nSPS) is 43.6. The molecule has 4 bridgehead atoms. The lowest BCUT2D eigenvalue weighted by atomic mass is 9.50. The predicted molar refractivity (Wildman–Crippen MR) is 93.3 cm³/mol. The van der Waals surface area contributed by atoms with Gasteiger partial charge in [0.25, 0.3) is 0 Å². The van der Waals surface area contributed by atoms with Crippen molar-refractivity contribution >= 4 is 0 Å². The van der Waals surface area contributed by atoms with Crippen molar-refractivity contribution in [3.8, 4) is 0 Å². The molecule has 3 unspecified atom stereocenters. The molecule has 4 heteroatoms. The van der Waals surface area contributed by atoms with Gasteiger partial charge in [0.15, 0.2) is 6.29 Å². The number of aliphatic hydroxyl groups excluding tert-OH is 1. The zero-order valence-corrected chi connectivity index (χ0v) is 15.8. The first-order valence-corrected chi connectivity index (χ1v) is 9.30. The van der Waals surface area contributed by atoms with E-state index in [4.69, 9.17) is 4.74 Å². The lowest BCUT2D eigenvalue weighted by Crippen LogP contribution is -2.67. The number of ether oxygens (including phenoxy) is 1. The highest BCUT2D eigenvalue weighted by Crippen LogP contribution is 2.61. The van der Waals surface area contributed by atoms with Crippen LogP contribution in [0.5, 0.6) is 0 Å². The fraction of sp³-hybridized carbons (Fsp3) is 0.900. The van der Waals surface area contributed by atoms with E-state index in [-0.39, 0.29) is 11.3 Å². The average molecular weight is 338 g/mol. The van der Waals surface area contributed by atoms with Gasteiger partial charge in [0.1, 0.15) is 0 Å². The summed E-state index contributed by atoms with van der Waals surface area (Å²) in [7, 11) is 0. The summed E-state index contributed by atoms with van der Waals surface area (Å²) in [6.45, 7) is 10.4. The molecule has 0 spiro atoms. The molecule has 4 aliphatic carbocycles. The van der Waals surface area contributed by atoms with Gasteiger partial charge in [0.05, 0.1) is 16.8 Å². The third-order valence-electron chi connectivity index (χ3n) is 6.15. The van der Waals surface area contributed by atoms with Crippen molar-refractivity contribution in [1.82, 2.24) is 0 Å². The van der Waals surface area contributed by atoms with E-state index in [1.165, 1.54) is 0 Å². The Morgan fingerprint density at radius 2 is 1.58 bits per heavy atom. The van der Waals surface area contributed by atoms with E-state index in [2.05, 4.69) is 26.8 Å². The monoisotopic (exact) mass is 338 g/mol. The summed E-state index contributed by atoms with van der Waals surface area (Å²) in [5.74, 6) is 0.166. The second kappa shape index (κ2) is 5.54. The molecule has 4 saturated carbocycles. The van der Waals surface area contributed by atoms with Crippen LogP contribution in [0.4, 0.5) is 0 Å². The van der Waals surface area contributed by atoms with Gasteiger partial charge in [-0.2, -0.15) is 0 Å². The summed E-state index contributed by atoms with van der Waals surface area (Å²) in [5, 5.41) is 32.6. The highest BCUT2D eigenvalue weighted by Gasteiger charge is 2.64. The van der Waals surface area contributed by atoms with Crippen molar-refractivity contribution < 1.29 is 20.1 Å². The molecule has 4 rings (SSSR count). The molecule has 3 N–H and O–H groups in total. The zero-order chi connectivity index (χ0) is 18.0. The van der Waals surface area contributed by atoms with Gasteiger partial charge >= 0.3 is 0 Å². The average Bonchev–Trinajstić information content (AvgIpc) is 2.28. The smallest absolute Gasteiger partial charge is 0.162 e. The minimum atomic E-state index is -0.927. The Hall–Kier alpha value is -0.420. The molecule has 0 aromatic rings. The molecule has 4 fully saturated rings. The Labute approximate surface area is 145 Å². The standard InChI is InChI=1S/C20H34O4/c1-13(2)6-15(17(3,4)5)16(21)24-20-9-14-7-18(22,11-20)10-19(23,8-14)12-20/h6,14-16,21-23H,7-12H2,1-5H3/t14?,15?,16-,18?,19?,20?/m1/s1. The summed E-state index contributed by atoms with van der Waals surface area (Å²) < 4.78 is 6.26. The molecular weight excluding hydrogens is 304 g/mol. The van der Waals surface area contributed by atoms with Crippen LogP contribution in [0.15, 0.2) is 11.6 Å². The van der Waals surface area contributed by atoms with Gasteiger partial charge in [-0.15, -0.1) is 0 Å². The van der Waals surface area contributed by atoms with E-state index in [1.807, 2.05) is 13.8 Å². The maximum absolute atomic E-state index is 10.9. The Bertz CT molecular complexity index is 510. The Kier molecular flexibility index (Phi) is 4.24. The highest BCUT2D eigenvalue weighted by atomic mass is 16.6. The van der Waals surface area contributed by atoms with E-state index in [0.717, 1.165) is 24.8 Å². The van der Waals surface area contributed by atoms with Crippen LogP contribution in [-0.2, 0) is 4.74 Å². The maximum Gasteiger partial charge on any atom is 0.162 e. The number of allylic oxidation sites excluding steroid dienone is 1. The molecule has 0 aliphatic heterocycles. The molecule has 24 heavy (non-hydrogen) atoms. The summed E-state index contributed by atoms with van der Waals surface area (Å²) in [6, 6.07) is 0. The van der Waals surface area contributed by atoms with Gasteiger partial charge in [-0.05, 0) is 44.4 Å². The Morgan fingerprint density at radius 1 is 1.04 bits per heavy atom. The summed E-state index contributed by atoms with van der Waals surface area (Å²) in [6.07, 6.45) is 5.01. The molecule has 4 aliphatic rings. The van der Waals surface area contributed by atoms with Crippen molar-refractivity contribution in [2.75, 3.05) is 0 Å². The van der Waals surface area contributed by atoms with E-state index >= 15 is 0 Å². The lowest BCUT2D eigenvalue weighted by molar-refractivity contribution is -0.310. The molecule has 0 saturated heterocycles. The second-order valence-electron chi connectivity index (χ2n) is 10.3. The van der Waals surface area contributed by atoms with E-state index in [0.29, 0.717) is 25.2 Å². The molecule has 0 aromatic carbocycles. The van der Waals surface area contributed by atoms with Gasteiger partial charge in [-0.1, -0.05) is 32.4 Å². The van der Waals surface area contributed by atoms with Crippen molar-refractivity contribution in [2.24, 2.45) is 17.3 Å². The van der Waals surface area contributed by atoms with Crippen LogP contribution in [-0.4, -0.2) is 38.4 Å². The third kappa shape index (κ3) is 3.44. The van der Waals surface area contributed by atoms with Crippen LogP contribution in [0.1, 0.15) is 73.1 Å². The zero-order valence-electron chi connectivity index (χ0n) is 15.8. The molecule has 4 atom stereocenters. The van der Waals surface area contributed by atoms with E-state index in [9.17, 15) is 15.3 Å². The predicted octanol–water partition coefficient (Wildman–Crippen LogP) is 3.15. The molecule has 0 aromatic heterocycles. The molecule has 0 amide bonds. The molecule has 138 valence electrons. The Balaban J connectivity index is 1.83. The first kappa shape index (κ1) is 18.4. The van der Waals surface area contributed by atoms with Crippen molar-refractivity contribution in [3.63, 3.8) is 0 Å². The topological polar surface area (TPSA) is 69.9 Å². The minimum absolute atomic E-state index is 0.125. The summed E-state index contributed by atoms with van der Waals surface area (Å²) in [4.78, 5) is 0. The molecule has 0 radical (unpaired) electrons.